The second-order valence-corrected chi connectivity index (χ2v) is 6.11. The monoisotopic (exact) mass is 389 g/mol. The van der Waals surface area contributed by atoms with Gasteiger partial charge in [-0.05, 0) is 30.3 Å². The van der Waals surface area contributed by atoms with E-state index in [0.29, 0.717) is 30.2 Å². The van der Waals surface area contributed by atoms with Crippen LogP contribution < -0.4 is 15.0 Å². The number of carbonyl (C=O) groups is 2. The highest BCUT2D eigenvalue weighted by atomic mass is 32.1. The normalized spacial score (nSPS) is 10.2. The van der Waals surface area contributed by atoms with Crippen molar-refractivity contribution in [2.75, 3.05) is 44.6 Å². The number of amides is 3. The molecule has 0 saturated heterocycles. The molecule has 0 aromatic heterocycles. The lowest BCUT2D eigenvalue weighted by Gasteiger charge is -2.21. The first-order valence-electron chi connectivity index (χ1n) is 8.25. The third kappa shape index (κ3) is 5.38. The van der Waals surface area contributed by atoms with Gasteiger partial charge in [-0.3, -0.25) is 4.79 Å². The van der Waals surface area contributed by atoms with Gasteiger partial charge in [0.05, 0.1) is 19.4 Å². The molecule has 0 aliphatic heterocycles. The van der Waals surface area contributed by atoms with Crippen molar-refractivity contribution in [2.45, 2.75) is 0 Å². The van der Waals surface area contributed by atoms with E-state index in [4.69, 9.17) is 9.47 Å². The number of nitrogens with zero attached hydrogens (tertiary/aromatic N) is 2. The number of hydrogen-bond donors (Lipinski definition) is 2. The molecule has 0 unspecified atom stereocenters. The van der Waals surface area contributed by atoms with Gasteiger partial charge in [-0.15, -0.1) is 0 Å². The third-order valence-electron chi connectivity index (χ3n) is 3.90. The molecule has 0 radical (unpaired) electrons. The van der Waals surface area contributed by atoms with E-state index >= 15 is 0 Å². The molecule has 2 aromatic carbocycles. The number of carbonyl (C=O) groups excluding carboxylic acids is 2. The molecule has 8 heteroatoms. The van der Waals surface area contributed by atoms with Gasteiger partial charge in [0.25, 0.3) is 5.91 Å². The lowest BCUT2D eigenvalue weighted by atomic mass is 10.2. The van der Waals surface area contributed by atoms with E-state index in [1.165, 1.54) is 7.11 Å². The summed E-state index contributed by atoms with van der Waals surface area (Å²) < 4.78 is 11.1. The first kappa shape index (κ1) is 20.6. The Kier molecular flexibility index (Phi) is 7.51. The Morgan fingerprint density at radius 1 is 1.11 bits per heavy atom. The molecule has 2 rings (SSSR count). The minimum atomic E-state index is -0.679. The van der Waals surface area contributed by atoms with Gasteiger partial charge in [0.1, 0.15) is 5.75 Å². The standard InChI is InChI=1S/C19H23N3O4S/c1-21(11-12-25-2)15-9-10-17(26-3)16(13-15)20-19(24)22(27)18(23)14-7-5-4-6-8-14/h4-10,13,27H,11-12H2,1-3H3,(H,20,24). The van der Waals surface area contributed by atoms with Gasteiger partial charge in [0.15, 0.2) is 0 Å². The van der Waals surface area contributed by atoms with Crippen molar-refractivity contribution in [3.63, 3.8) is 0 Å². The molecule has 0 aliphatic carbocycles. The SMILES string of the molecule is COCCN(C)c1ccc(OC)c(NC(=O)N(S)C(=O)c2ccccc2)c1. The van der Waals surface area contributed by atoms with Crippen LogP contribution in [0.5, 0.6) is 5.75 Å². The van der Waals surface area contributed by atoms with Gasteiger partial charge in [-0.25, -0.2) is 9.10 Å². The minimum absolute atomic E-state index is 0.364. The number of anilines is 2. The third-order valence-corrected chi connectivity index (χ3v) is 4.27. The predicted molar refractivity (Wildman–Crippen MR) is 109 cm³/mol. The van der Waals surface area contributed by atoms with Crippen molar-refractivity contribution in [3.8, 4) is 5.75 Å². The van der Waals surface area contributed by atoms with Crippen LogP contribution in [0.15, 0.2) is 48.5 Å². The van der Waals surface area contributed by atoms with Crippen LogP contribution in [0.3, 0.4) is 0 Å². The summed E-state index contributed by atoms with van der Waals surface area (Å²) in [4.78, 5) is 26.8. The Hall–Kier alpha value is -2.71. The Morgan fingerprint density at radius 2 is 1.81 bits per heavy atom. The van der Waals surface area contributed by atoms with E-state index < -0.39 is 11.9 Å². The van der Waals surface area contributed by atoms with Crippen molar-refractivity contribution in [1.29, 1.82) is 0 Å². The van der Waals surface area contributed by atoms with Crippen molar-refractivity contribution in [3.05, 3.63) is 54.1 Å². The Bertz CT molecular complexity index is 786. The summed E-state index contributed by atoms with van der Waals surface area (Å²) in [6.07, 6.45) is 0. The van der Waals surface area contributed by atoms with Gasteiger partial charge >= 0.3 is 6.03 Å². The van der Waals surface area contributed by atoms with Crippen LogP contribution in [0.2, 0.25) is 0 Å². The number of benzene rings is 2. The molecule has 0 atom stereocenters. The van der Waals surface area contributed by atoms with Crippen LogP contribution in [-0.4, -0.2) is 50.7 Å². The Morgan fingerprint density at radius 3 is 2.44 bits per heavy atom. The van der Waals surface area contributed by atoms with Crippen LogP contribution in [0, 0.1) is 0 Å². The molecule has 27 heavy (non-hydrogen) atoms. The molecular weight excluding hydrogens is 366 g/mol. The molecule has 3 amide bonds. The van der Waals surface area contributed by atoms with Crippen LogP contribution in [0.4, 0.5) is 16.2 Å². The van der Waals surface area contributed by atoms with Gasteiger partial charge in [-0.2, -0.15) is 0 Å². The molecule has 2 aromatic rings. The number of likely N-dealkylation sites (N-methyl/N-ethyl adjacent to an activating group) is 1. The molecule has 0 fully saturated rings. The number of ether oxygens (including phenoxy) is 2. The van der Waals surface area contributed by atoms with Gasteiger partial charge < -0.3 is 19.7 Å². The first-order valence-corrected chi connectivity index (χ1v) is 8.65. The number of imide groups is 1. The second kappa shape index (κ2) is 9.84. The maximum absolute atomic E-state index is 12.5. The summed E-state index contributed by atoms with van der Waals surface area (Å²) in [7, 11) is 5.06. The van der Waals surface area contributed by atoms with E-state index in [1.54, 1.807) is 49.6 Å². The van der Waals surface area contributed by atoms with E-state index in [-0.39, 0.29) is 0 Å². The molecule has 0 saturated carbocycles. The zero-order valence-electron chi connectivity index (χ0n) is 15.5. The summed E-state index contributed by atoms with van der Waals surface area (Å²) in [5.41, 5.74) is 1.66. The number of hydrogen-bond acceptors (Lipinski definition) is 6. The fourth-order valence-electron chi connectivity index (χ4n) is 2.35. The lowest BCUT2D eigenvalue weighted by molar-refractivity contribution is 0.0901. The van der Waals surface area contributed by atoms with Crippen molar-refractivity contribution in [1.82, 2.24) is 4.31 Å². The average molecular weight is 389 g/mol. The summed E-state index contributed by atoms with van der Waals surface area (Å²) in [5, 5.41) is 2.67. The quantitative estimate of drug-likeness (QED) is 0.711. The summed E-state index contributed by atoms with van der Waals surface area (Å²) in [5.74, 6) is -0.0510. The largest absolute Gasteiger partial charge is 0.495 e. The molecule has 0 spiro atoms. The van der Waals surface area contributed by atoms with Crippen molar-refractivity contribution < 1.29 is 19.1 Å². The summed E-state index contributed by atoms with van der Waals surface area (Å²) in [6.45, 7) is 1.25. The molecule has 144 valence electrons. The fourth-order valence-corrected chi connectivity index (χ4v) is 2.52. The fraction of sp³-hybridized carbons (Fsp3) is 0.263. The van der Waals surface area contributed by atoms with E-state index in [0.717, 1.165) is 9.99 Å². The van der Waals surface area contributed by atoms with E-state index in [1.807, 2.05) is 18.0 Å². The second-order valence-electron chi connectivity index (χ2n) is 5.71. The zero-order chi connectivity index (χ0) is 19.8. The van der Waals surface area contributed by atoms with Gasteiger partial charge in [0, 0.05) is 32.0 Å². The van der Waals surface area contributed by atoms with Gasteiger partial charge in [0.2, 0.25) is 0 Å². The minimum Gasteiger partial charge on any atom is -0.495 e. The topological polar surface area (TPSA) is 71.1 Å². The number of nitrogens with one attached hydrogen (secondary N) is 1. The molecule has 7 nitrogen and oxygen atoms in total. The predicted octanol–water partition coefficient (Wildman–Crippen LogP) is 3.30. The summed E-state index contributed by atoms with van der Waals surface area (Å²) in [6, 6.07) is 13.2. The van der Waals surface area contributed by atoms with Crippen LogP contribution in [0.25, 0.3) is 0 Å². The highest BCUT2D eigenvalue weighted by Crippen LogP contribution is 2.29. The molecule has 0 heterocycles. The molecule has 1 N–H and O–H groups in total. The first-order chi connectivity index (χ1) is 13.0. The maximum Gasteiger partial charge on any atom is 0.339 e. The number of rotatable bonds is 7. The van der Waals surface area contributed by atoms with Crippen molar-refractivity contribution >= 4 is 36.1 Å². The zero-order valence-corrected chi connectivity index (χ0v) is 16.4. The molecule has 0 bridgehead atoms. The Balaban J connectivity index is 2.16. The highest BCUT2D eigenvalue weighted by molar-refractivity contribution is 7.79. The van der Waals surface area contributed by atoms with Crippen LogP contribution in [-0.2, 0) is 4.74 Å². The Labute approximate surface area is 164 Å². The summed E-state index contributed by atoms with van der Waals surface area (Å²) >= 11 is 4.04. The smallest absolute Gasteiger partial charge is 0.339 e. The van der Waals surface area contributed by atoms with Crippen molar-refractivity contribution in [2.24, 2.45) is 0 Å². The average Bonchev–Trinajstić information content (AvgIpc) is 2.71. The molecule has 0 aliphatic rings. The van der Waals surface area contributed by atoms with Crippen LogP contribution >= 0.6 is 12.8 Å². The van der Waals surface area contributed by atoms with Crippen LogP contribution in [0.1, 0.15) is 10.4 Å². The van der Waals surface area contributed by atoms with E-state index in [9.17, 15) is 9.59 Å². The number of methoxy groups -OCH3 is 2. The highest BCUT2D eigenvalue weighted by Gasteiger charge is 2.21. The number of urea groups is 1. The van der Waals surface area contributed by atoms with Gasteiger partial charge in [-0.1, -0.05) is 31.0 Å². The maximum atomic E-state index is 12.5. The van der Waals surface area contributed by atoms with E-state index in [2.05, 4.69) is 18.1 Å². The number of thiol groups is 1. The molecular formula is C19H23N3O4S. The lowest BCUT2D eigenvalue weighted by Crippen LogP contribution is -2.32.